The molecule has 1 atom stereocenters. The summed E-state index contributed by atoms with van der Waals surface area (Å²) in [7, 11) is 1.78. The van der Waals surface area contributed by atoms with E-state index in [1.165, 1.54) is 18.3 Å². The van der Waals surface area contributed by atoms with Gasteiger partial charge in [-0.1, -0.05) is 6.07 Å². The largest absolute Gasteiger partial charge is 0.349 e. The summed E-state index contributed by atoms with van der Waals surface area (Å²) in [5.41, 5.74) is -0.207. The fourth-order valence-electron chi connectivity index (χ4n) is 1.72. The fourth-order valence-corrected chi connectivity index (χ4v) is 1.72. The maximum Gasteiger partial charge on any atom is 0.271 e. The fraction of sp³-hybridized carbons (Fsp3) is 0.286. The first-order valence-corrected chi connectivity index (χ1v) is 6.48. The normalized spacial score (nSPS) is 12.2. The van der Waals surface area contributed by atoms with Gasteiger partial charge in [0.2, 0.25) is 0 Å². The Kier molecular flexibility index (Phi) is 4.64. The lowest BCUT2D eigenvalue weighted by atomic mass is 10.3. The number of hydrogen-bond donors (Lipinski definition) is 2. The molecule has 21 heavy (non-hydrogen) atoms. The molecule has 0 saturated heterocycles. The molecule has 2 N–H and O–H groups in total. The third kappa shape index (κ3) is 3.43. The van der Waals surface area contributed by atoms with Gasteiger partial charge >= 0.3 is 0 Å². The highest BCUT2D eigenvalue weighted by Crippen LogP contribution is 2.16. The summed E-state index contributed by atoms with van der Waals surface area (Å²) in [4.78, 5) is 11.9. The molecule has 1 amide bonds. The molecule has 0 aliphatic carbocycles. The van der Waals surface area contributed by atoms with E-state index in [9.17, 15) is 13.6 Å². The van der Waals surface area contributed by atoms with E-state index in [0.29, 0.717) is 6.54 Å². The number of carbonyl (C=O) groups excluding carboxylic acids is 1. The molecule has 5 nitrogen and oxygen atoms in total. The van der Waals surface area contributed by atoms with Gasteiger partial charge in [0.1, 0.15) is 5.69 Å². The molecule has 1 unspecified atom stereocenters. The summed E-state index contributed by atoms with van der Waals surface area (Å²) in [5, 5.41) is 9.57. The molecule has 1 aromatic heterocycles. The van der Waals surface area contributed by atoms with Crippen LogP contribution in [0.3, 0.4) is 0 Å². The number of para-hydroxylation sites is 1. The van der Waals surface area contributed by atoms with Crippen LogP contribution in [-0.4, -0.2) is 35.3 Å². The number of amides is 1. The minimum absolute atomic E-state index is 0.0981. The zero-order valence-corrected chi connectivity index (χ0v) is 11.7. The minimum atomic E-state index is -0.742. The zero-order chi connectivity index (χ0) is 15.4. The number of benzene rings is 1. The van der Waals surface area contributed by atoms with Crippen LogP contribution in [0.15, 0.2) is 30.5 Å². The number of nitrogens with one attached hydrogen (secondary N) is 2. The van der Waals surface area contributed by atoms with Gasteiger partial charge < -0.3 is 10.6 Å². The van der Waals surface area contributed by atoms with E-state index in [4.69, 9.17) is 0 Å². The highest BCUT2D eigenvalue weighted by molar-refractivity contribution is 5.92. The Morgan fingerprint density at radius 3 is 2.62 bits per heavy atom. The van der Waals surface area contributed by atoms with E-state index in [2.05, 4.69) is 15.7 Å². The maximum atomic E-state index is 13.6. The summed E-state index contributed by atoms with van der Waals surface area (Å²) < 4.78 is 28.3. The first kappa shape index (κ1) is 15.1. The molecule has 1 aromatic carbocycles. The zero-order valence-electron chi connectivity index (χ0n) is 11.7. The second kappa shape index (κ2) is 6.45. The molecule has 7 heteroatoms. The predicted molar refractivity (Wildman–Crippen MR) is 74.3 cm³/mol. The van der Waals surface area contributed by atoms with Crippen molar-refractivity contribution in [2.75, 3.05) is 13.6 Å². The van der Waals surface area contributed by atoms with Crippen LogP contribution in [0.2, 0.25) is 0 Å². The number of halogens is 2. The number of likely N-dealkylation sites (N-methyl/N-ethyl adjacent to an activating group) is 1. The monoisotopic (exact) mass is 294 g/mol. The molecule has 1 heterocycles. The average Bonchev–Trinajstić information content (AvgIpc) is 2.93. The van der Waals surface area contributed by atoms with Gasteiger partial charge in [-0.3, -0.25) is 4.79 Å². The molecule has 2 rings (SSSR count). The molecule has 0 spiro atoms. The van der Waals surface area contributed by atoms with Crippen molar-refractivity contribution in [1.82, 2.24) is 20.4 Å². The smallest absolute Gasteiger partial charge is 0.271 e. The Morgan fingerprint density at radius 2 is 2.00 bits per heavy atom. The molecular weight excluding hydrogens is 278 g/mol. The lowest BCUT2D eigenvalue weighted by Gasteiger charge is -2.10. The number of hydrogen-bond acceptors (Lipinski definition) is 3. The summed E-state index contributed by atoms with van der Waals surface area (Å²) >= 11 is 0. The minimum Gasteiger partial charge on any atom is -0.349 e. The van der Waals surface area contributed by atoms with Crippen molar-refractivity contribution in [3.8, 4) is 5.69 Å². The number of carbonyl (C=O) groups is 1. The van der Waals surface area contributed by atoms with Gasteiger partial charge in [-0.25, -0.2) is 13.5 Å². The highest BCUT2D eigenvalue weighted by Gasteiger charge is 2.15. The van der Waals surface area contributed by atoms with Crippen LogP contribution in [0, 0.1) is 11.6 Å². The van der Waals surface area contributed by atoms with Crippen LogP contribution in [0.4, 0.5) is 8.78 Å². The molecule has 0 aliphatic rings. The quantitative estimate of drug-likeness (QED) is 0.878. The van der Waals surface area contributed by atoms with Crippen LogP contribution >= 0.6 is 0 Å². The van der Waals surface area contributed by atoms with Gasteiger partial charge in [-0.15, -0.1) is 0 Å². The topological polar surface area (TPSA) is 58.9 Å². The summed E-state index contributed by atoms with van der Waals surface area (Å²) in [6.45, 7) is 2.34. The Bertz CT molecular complexity index is 621. The second-order valence-electron chi connectivity index (χ2n) is 4.62. The van der Waals surface area contributed by atoms with Crippen LogP contribution in [0.5, 0.6) is 0 Å². The van der Waals surface area contributed by atoms with E-state index < -0.39 is 17.5 Å². The van der Waals surface area contributed by atoms with Crippen LogP contribution in [0.25, 0.3) is 5.69 Å². The van der Waals surface area contributed by atoms with Crippen molar-refractivity contribution in [2.45, 2.75) is 13.0 Å². The summed E-state index contributed by atoms with van der Waals surface area (Å²) in [6, 6.07) is 5.05. The molecule has 0 radical (unpaired) electrons. The Labute approximate surface area is 121 Å². The van der Waals surface area contributed by atoms with Gasteiger partial charge in [0, 0.05) is 18.8 Å². The number of nitrogens with zero attached hydrogens (tertiary/aromatic N) is 2. The molecule has 0 bridgehead atoms. The van der Waals surface area contributed by atoms with Crippen molar-refractivity contribution >= 4 is 5.91 Å². The summed E-state index contributed by atoms with van der Waals surface area (Å²) in [5.74, 6) is -1.88. The molecule has 2 aromatic rings. The molecule has 0 saturated carbocycles. The van der Waals surface area contributed by atoms with Crippen molar-refractivity contribution in [1.29, 1.82) is 0 Å². The SMILES string of the molecule is CNC(C)CNC(=O)c1ccn(-c2c(F)cccc2F)n1. The average molecular weight is 294 g/mol. The number of aromatic nitrogens is 2. The second-order valence-corrected chi connectivity index (χ2v) is 4.62. The molecule has 0 aliphatic heterocycles. The lowest BCUT2D eigenvalue weighted by molar-refractivity contribution is 0.0945. The van der Waals surface area contributed by atoms with E-state index in [-0.39, 0.29) is 17.4 Å². The molecule has 112 valence electrons. The third-order valence-electron chi connectivity index (χ3n) is 3.05. The van der Waals surface area contributed by atoms with Crippen molar-refractivity contribution in [2.24, 2.45) is 0 Å². The predicted octanol–water partition coefficient (Wildman–Crippen LogP) is 1.49. The highest BCUT2D eigenvalue weighted by atomic mass is 19.1. The molecular formula is C14H16F2N4O. The maximum absolute atomic E-state index is 13.6. The third-order valence-corrected chi connectivity index (χ3v) is 3.05. The standard InChI is InChI=1S/C14H16F2N4O/c1-9(17-2)8-18-14(21)12-6-7-20(19-12)13-10(15)4-3-5-11(13)16/h3-7,9,17H,8H2,1-2H3,(H,18,21). The number of rotatable bonds is 5. The van der Waals surface area contributed by atoms with E-state index in [1.807, 2.05) is 6.92 Å². The van der Waals surface area contributed by atoms with Gasteiger partial charge in [0.15, 0.2) is 17.3 Å². The molecule has 0 fully saturated rings. The van der Waals surface area contributed by atoms with Crippen LogP contribution in [-0.2, 0) is 0 Å². The van der Waals surface area contributed by atoms with Gasteiger partial charge in [0.25, 0.3) is 5.91 Å². The van der Waals surface area contributed by atoms with Gasteiger partial charge in [0.05, 0.1) is 0 Å². The van der Waals surface area contributed by atoms with Gasteiger partial charge in [-0.05, 0) is 32.2 Å². The van der Waals surface area contributed by atoms with Crippen molar-refractivity contribution in [3.05, 3.63) is 47.8 Å². The summed E-state index contributed by atoms with van der Waals surface area (Å²) in [6.07, 6.45) is 1.35. The van der Waals surface area contributed by atoms with Crippen molar-refractivity contribution in [3.63, 3.8) is 0 Å². The van der Waals surface area contributed by atoms with Crippen molar-refractivity contribution < 1.29 is 13.6 Å². The first-order valence-electron chi connectivity index (χ1n) is 6.48. The van der Waals surface area contributed by atoms with Crippen LogP contribution in [0.1, 0.15) is 17.4 Å². The Hall–Kier alpha value is -2.28. The first-order chi connectivity index (χ1) is 10.0. The lowest BCUT2D eigenvalue weighted by Crippen LogP contribution is -2.37. The Balaban J connectivity index is 2.16. The Morgan fingerprint density at radius 1 is 1.33 bits per heavy atom. The van der Waals surface area contributed by atoms with Gasteiger partial charge in [-0.2, -0.15) is 5.10 Å². The van der Waals surface area contributed by atoms with E-state index in [0.717, 1.165) is 16.8 Å². The van der Waals surface area contributed by atoms with E-state index in [1.54, 1.807) is 7.05 Å². The van der Waals surface area contributed by atoms with Crippen LogP contribution < -0.4 is 10.6 Å². The van der Waals surface area contributed by atoms with E-state index >= 15 is 0 Å².